The Balaban J connectivity index is 1.60. The van der Waals surface area contributed by atoms with Gasteiger partial charge in [-0.15, -0.1) is 0 Å². The number of para-hydroxylation sites is 3. The highest BCUT2D eigenvalue weighted by atomic mass is 16.5. The maximum Gasteiger partial charge on any atom is 0.319 e. The van der Waals surface area contributed by atoms with E-state index < -0.39 is 0 Å². The van der Waals surface area contributed by atoms with Crippen molar-refractivity contribution in [3.05, 3.63) is 54.6 Å². The van der Waals surface area contributed by atoms with Crippen LogP contribution in [0.3, 0.4) is 0 Å². The molecule has 0 aliphatic carbocycles. The predicted molar refractivity (Wildman–Crippen MR) is 97.0 cm³/mol. The van der Waals surface area contributed by atoms with Gasteiger partial charge < -0.3 is 20.3 Å². The highest BCUT2D eigenvalue weighted by Gasteiger charge is 2.31. The number of rotatable bonds is 5. The van der Waals surface area contributed by atoms with Gasteiger partial charge in [0.15, 0.2) is 0 Å². The first-order chi connectivity index (χ1) is 12.2. The van der Waals surface area contributed by atoms with Crippen LogP contribution in [0, 0.1) is 0 Å². The molecule has 130 valence electrons. The van der Waals surface area contributed by atoms with Gasteiger partial charge in [-0.1, -0.05) is 30.3 Å². The largest absolute Gasteiger partial charge is 0.492 e. The smallest absolute Gasteiger partial charge is 0.319 e. The molecule has 6 heteroatoms. The van der Waals surface area contributed by atoms with Crippen LogP contribution >= 0.6 is 0 Å². The lowest BCUT2D eigenvalue weighted by Crippen LogP contribution is -2.39. The number of benzene rings is 2. The number of carbonyl (C=O) groups excluding carboxylic acids is 2. The van der Waals surface area contributed by atoms with Crippen LogP contribution in [-0.4, -0.2) is 31.1 Å². The number of hydrogen-bond donors (Lipinski definition) is 2. The SMILES string of the molecule is CCOc1ccccc1NC(=O)NC1CC(=O)N(c2ccccc2)C1. The van der Waals surface area contributed by atoms with Crippen LogP contribution < -0.4 is 20.3 Å². The maximum atomic E-state index is 12.3. The summed E-state index contributed by atoms with van der Waals surface area (Å²) in [4.78, 5) is 26.2. The number of amides is 3. The van der Waals surface area contributed by atoms with Crippen LogP contribution in [0.15, 0.2) is 54.6 Å². The quantitative estimate of drug-likeness (QED) is 0.880. The van der Waals surface area contributed by atoms with Crippen molar-refractivity contribution in [2.24, 2.45) is 0 Å². The van der Waals surface area contributed by atoms with Crippen molar-refractivity contribution in [1.29, 1.82) is 0 Å². The molecule has 1 fully saturated rings. The molecule has 1 atom stereocenters. The molecule has 1 saturated heterocycles. The second-order valence-electron chi connectivity index (χ2n) is 5.77. The van der Waals surface area contributed by atoms with Crippen LogP contribution in [0.4, 0.5) is 16.2 Å². The summed E-state index contributed by atoms with van der Waals surface area (Å²) in [5.41, 5.74) is 1.45. The Morgan fingerprint density at radius 1 is 1.16 bits per heavy atom. The fourth-order valence-corrected chi connectivity index (χ4v) is 2.86. The van der Waals surface area contributed by atoms with Crippen molar-refractivity contribution in [2.75, 3.05) is 23.4 Å². The lowest BCUT2D eigenvalue weighted by molar-refractivity contribution is -0.117. The van der Waals surface area contributed by atoms with Gasteiger partial charge >= 0.3 is 6.03 Å². The van der Waals surface area contributed by atoms with Crippen molar-refractivity contribution in [3.63, 3.8) is 0 Å². The van der Waals surface area contributed by atoms with E-state index >= 15 is 0 Å². The molecule has 25 heavy (non-hydrogen) atoms. The zero-order valence-electron chi connectivity index (χ0n) is 14.1. The minimum Gasteiger partial charge on any atom is -0.492 e. The maximum absolute atomic E-state index is 12.3. The molecule has 6 nitrogen and oxygen atoms in total. The first kappa shape index (κ1) is 16.8. The number of urea groups is 1. The topological polar surface area (TPSA) is 70.7 Å². The number of carbonyl (C=O) groups is 2. The monoisotopic (exact) mass is 339 g/mol. The van der Waals surface area contributed by atoms with Crippen molar-refractivity contribution in [2.45, 2.75) is 19.4 Å². The van der Waals surface area contributed by atoms with Gasteiger partial charge in [-0.05, 0) is 31.2 Å². The zero-order valence-corrected chi connectivity index (χ0v) is 14.1. The van der Waals surface area contributed by atoms with Crippen LogP contribution in [0.5, 0.6) is 5.75 Å². The van der Waals surface area contributed by atoms with Crippen molar-refractivity contribution >= 4 is 23.3 Å². The molecule has 1 unspecified atom stereocenters. The lowest BCUT2D eigenvalue weighted by atomic mass is 10.2. The summed E-state index contributed by atoms with van der Waals surface area (Å²) in [6.07, 6.45) is 0.287. The van der Waals surface area contributed by atoms with Crippen LogP contribution in [0.25, 0.3) is 0 Å². The summed E-state index contributed by atoms with van der Waals surface area (Å²) in [5.74, 6) is 0.625. The van der Waals surface area contributed by atoms with Crippen molar-refractivity contribution < 1.29 is 14.3 Å². The van der Waals surface area contributed by atoms with Crippen LogP contribution in [0.2, 0.25) is 0 Å². The summed E-state index contributed by atoms with van der Waals surface area (Å²) in [7, 11) is 0. The second kappa shape index (κ2) is 7.70. The molecule has 1 aliphatic heterocycles. The van der Waals surface area contributed by atoms with Gasteiger partial charge in [-0.25, -0.2) is 4.79 Å². The fraction of sp³-hybridized carbons (Fsp3) is 0.263. The Morgan fingerprint density at radius 2 is 1.88 bits per heavy atom. The Kier molecular flexibility index (Phi) is 5.18. The average molecular weight is 339 g/mol. The van der Waals surface area contributed by atoms with Gasteiger partial charge in [-0.3, -0.25) is 4.79 Å². The Hall–Kier alpha value is -3.02. The normalized spacial score (nSPS) is 16.6. The Labute approximate surface area is 146 Å². The first-order valence-electron chi connectivity index (χ1n) is 8.32. The van der Waals surface area contributed by atoms with E-state index in [4.69, 9.17) is 4.74 Å². The van der Waals surface area contributed by atoms with Crippen LogP contribution in [0.1, 0.15) is 13.3 Å². The minimum absolute atomic E-state index is 0.00576. The van der Waals surface area contributed by atoms with E-state index in [9.17, 15) is 9.59 Å². The first-order valence-corrected chi connectivity index (χ1v) is 8.32. The Bertz CT molecular complexity index is 749. The number of hydrogen-bond acceptors (Lipinski definition) is 3. The number of anilines is 2. The molecule has 0 saturated carbocycles. The van der Waals surface area contributed by atoms with E-state index in [-0.39, 0.29) is 24.4 Å². The van der Waals surface area contributed by atoms with E-state index in [2.05, 4.69) is 10.6 Å². The van der Waals surface area contributed by atoms with E-state index in [1.807, 2.05) is 49.4 Å². The molecule has 1 heterocycles. The molecular weight excluding hydrogens is 318 g/mol. The molecular formula is C19H21N3O3. The van der Waals surface area contributed by atoms with Gasteiger partial charge in [0.05, 0.1) is 18.3 Å². The number of nitrogens with one attached hydrogen (secondary N) is 2. The van der Waals surface area contributed by atoms with Gasteiger partial charge in [0.25, 0.3) is 0 Å². The third-order valence-corrected chi connectivity index (χ3v) is 3.96. The highest BCUT2D eigenvalue weighted by molar-refractivity contribution is 5.97. The second-order valence-corrected chi connectivity index (χ2v) is 5.77. The molecule has 3 amide bonds. The van der Waals surface area contributed by atoms with E-state index in [1.165, 1.54) is 0 Å². The molecule has 0 aromatic heterocycles. The fourth-order valence-electron chi connectivity index (χ4n) is 2.86. The van der Waals surface area contributed by atoms with Crippen molar-refractivity contribution in [1.82, 2.24) is 5.32 Å². The van der Waals surface area contributed by atoms with E-state index in [0.717, 1.165) is 5.69 Å². The Morgan fingerprint density at radius 3 is 2.64 bits per heavy atom. The molecule has 1 aliphatic rings. The van der Waals surface area contributed by atoms with Crippen molar-refractivity contribution in [3.8, 4) is 5.75 Å². The van der Waals surface area contributed by atoms with Gasteiger partial charge in [-0.2, -0.15) is 0 Å². The van der Waals surface area contributed by atoms with E-state index in [1.54, 1.807) is 17.0 Å². The molecule has 2 aromatic rings. The third-order valence-electron chi connectivity index (χ3n) is 3.96. The van der Waals surface area contributed by atoms with Gasteiger partial charge in [0, 0.05) is 18.7 Å². The zero-order chi connectivity index (χ0) is 17.6. The molecule has 0 radical (unpaired) electrons. The molecule has 0 spiro atoms. The predicted octanol–water partition coefficient (Wildman–Crippen LogP) is 3.01. The van der Waals surface area contributed by atoms with Gasteiger partial charge in [0.2, 0.25) is 5.91 Å². The molecule has 0 bridgehead atoms. The highest BCUT2D eigenvalue weighted by Crippen LogP contribution is 2.24. The summed E-state index contributed by atoms with van der Waals surface area (Å²) in [6.45, 7) is 2.87. The van der Waals surface area contributed by atoms with Crippen LogP contribution in [-0.2, 0) is 4.79 Å². The molecule has 3 rings (SSSR count). The number of ether oxygens (including phenoxy) is 1. The molecule has 2 aromatic carbocycles. The summed E-state index contributed by atoms with van der Waals surface area (Å²) in [6, 6.07) is 16.1. The molecule has 2 N–H and O–H groups in total. The summed E-state index contributed by atoms with van der Waals surface area (Å²) in [5, 5.41) is 5.65. The van der Waals surface area contributed by atoms with Gasteiger partial charge in [0.1, 0.15) is 5.75 Å². The van der Waals surface area contributed by atoms with E-state index in [0.29, 0.717) is 24.6 Å². The average Bonchev–Trinajstić information content (AvgIpc) is 2.98. The summed E-state index contributed by atoms with van der Waals surface area (Å²) < 4.78 is 5.49. The number of nitrogens with zero attached hydrogens (tertiary/aromatic N) is 1. The minimum atomic E-state index is -0.347. The lowest BCUT2D eigenvalue weighted by Gasteiger charge is -2.17. The standard InChI is InChI=1S/C19H21N3O3/c1-2-25-17-11-7-6-10-16(17)21-19(24)20-14-12-18(23)22(13-14)15-8-4-3-5-9-15/h3-11,14H,2,12-13H2,1H3,(H2,20,21,24). The third kappa shape index (κ3) is 4.09. The summed E-state index contributed by atoms with van der Waals surface area (Å²) >= 11 is 0.